The number of carbonyl (C=O) groups excluding carboxylic acids is 4. The van der Waals surface area contributed by atoms with Crippen LogP contribution in [0, 0.1) is 59.2 Å². The second-order valence-electron chi connectivity index (χ2n) is 20.6. The lowest BCUT2D eigenvalue weighted by atomic mass is 9.68. The van der Waals surface area contributed by atoms with Crippen molar-refractivity contribution in [2.75, 3.05) is 7.11 Å². The van der Waals surface area contributed by atoms with Gasteiger partial charge in [-0.2, -0.15) is 0 Å². The molecule has 7 saturated carbocycles. The molecule has 0 bridgehead atoms. The second-order valence-corrected chi connectivity index (χ2v) is 20.6. The third-order valence-corrected chi connectivity index (χ3v) is 16.7. The first kappa shape index (κ1) is 42.7. The molecule has 0 aromatic rings. The van der Waals surface area contributed by atoms with Gasteiger partial charge in [-0.3, -0.25) is 19.2 Å². The first-order chi connectivity index (χ1) is 27.1. The van der Waals surface area contributed by atoms with Crippen LogP contribution in [0.4, 0.5) is 0 Å². The van der Waals surface area contributed by atoms with Crippen LogP contribution in [-0.2, 0) is 33.4 Å². The fraction of sp³-hybridized carbons (Fsp3) is 0.918. The molecular weight excluding hydrogens is 701 g/mol. The van der Waals surface area contributed by atoms with E-state index in [4.69, 9.17) is 14.2 Å². The van der Waals surface area contributed by atoms with Crippen LogP contribution in [0.1, 0.15) is 187 Å². The summed E-state index contributed by atoms with van der Waals surface area (Å²) >= 11 is 0. The van der Waals surface area contributed by atoms with E-state index in [2.05, 4.69) is 13.8 Å². The molecule has 7 nitrogen and oxygen atoms in total. The molecule has 316 valence electrons. The molecule has 7 aliphatic carbocycles. The first-order valence-electron chi connectivity index (χ1n) is 24.1. The number of hydrogen-bond acceptors (Lipinski definition) is 7. The van der Waals surface area contributed by atoms with E-state index in [1.807, 2.05) is 0 Å². The smallest absolute Gasteiger partial charge is 0.139 e. The van der Waals surface area contributed by atoms with Gasteiger partial charge in [0.1, 0.15) is 23.1 Å². The summed E-state index contributed by atoms with van der Waals surface area (Å²) in [4.78, 5) is 54.4. The number of Topliss-reactive ketones (excluding diaryl/α,β-unsaturated/α-hetero) is 4. The van der Waals surface area contributed by atoms with Crippen molar-refractivity contribution in [2.45, 2.75) is 218 Å². The number of carbonyl (C=O) groups is 4. The highest BCUT2D eigenvalue weighted by atomic mass is 16.5. The fourth-order valence-electron chi connectivity index (χ4n) is 12.8. The molecule has 7 aliphatic rings. The van der Waals surface area contributed by atoms with E-state index in [9.17, 15) is 19.2 Å². The van der Waals surface area contributed by atoms with Crippen molar-refractivity contribution in [2.24, 2.45) is 59.2 Å². The van der Waals surface area contributed by atoms with Crippen molar-refractivity contribution in [1.29, 1.82) is 0 Å². The minimum atomic E-state index is -0.0892. The summed E-state index contributed by atoms with van der Waals surface area (Å²) in [6, 6.07) is 0. The zero-order valence-electron chi connectivity index (χ0n) is 35.6. The van der Waals surface area contributed by atoms with Gasteiger partial charge >= 0.3 is 0 Å². The van der Waals surface area contributed by atoms with Crippen LogP contribution in [0.25, 0.3) is 0 Å². The van der Waals surface area contributed by atoms with Crippen molar-refractivity contribution >= 4 is 23.1 Å². The van der Waals surface area contributed by atoms with Crippen LogP contribution >= 0.6 is 0 Å². The standard InChI is InChI=1S/C49H78O7/c1-31-4-8-33(9-5-31)46(50)35-12-20-41(21-13-35)55-43-24-16-37(17-25-43)48(52)39-28-40(30-45(29-39)54-3)49(53)38-18-26-44(27-19-38)56-42-22-14-36(15-23-42)47(51)34-10-6-32(2)7-11-34/h31-45H,4-30H2,1-3H3. The zero-order chi connectivity index (χ0) is 39.2. The molecule has 7 rings (SSSR count). The van der Waals surface area contributed by atoms with Crippen molar-refractivity contribution in [3.05, 3.63) is 0 Å². The van der Waals surface area contributed by atoms with Crippen LogP contribution in [0.3, 0.4) is 0 Å². The average molecular weight is 779 g/mol. The van der Waals surface area contributed by atoms with Crippen molar-refractivity contribution in [3.63, 3.8) is 0 Å². The average Bonchev–Trinajstić information content (AvgIpc) is 3.24. The number of ketones is 4. The molecule has 2 unspecified atom stereocenters. The summed E-state index contributed by atoms with van der Waals surface area (Å²) in [5, 5.41) is 0. The summed E-state index contributed by atoms with van der Waals surface area (Å²) in [5.41, 5.74) is 0. The van der Waals surface area contributed by atoms with E-state index >= 15 is 0 Å². The lowest BCUT2D eigenvalue weighted by Crippen LogP contribution is -2.41. The van der Waals surface area contributed by atoms with Crippen molar-refractivity contribution < 1.29 is 33.4 Å². The lowest BCUT2D eigenvalue weighted by molar-refractivity contribution is -0.138. The zero-order valence-corrected chi connectivity index (χ0v) is 35.6. The van der Waals surface area contributed by atoms with Gasteiger partial charge in [0, 0.05) is 54.5 Å². The summed E-state index contributed by atoms with van der Waals surface area (Å²) in [6.45, 7) is 4.63. The first-order valence-corrected chi connectivity index (χ1v) is 24.1. The molecule has 7 heteroatoms. The summed E-state index contributed by atoms with van der Waals surface area (Å²) in [7, 11) is 1.74. The second kappa shape index (κ2) is 20.2. The largest absolute Gasteiger partial charge is 0.381 e. The molecule has 0 N–H and O–H groups in total. The SMILES string of the molecule is COC1CC(C(=O)C2CCC(OC3CCC(C(=O)C4CCC(C)CC4)CC3)CC2)CC(C(=O)C2CCC(OC3CCC(C(=O)C4CCC(C)CC4)CC3)CC2)C1. The summed E-state index contributed by atoms with van der Waals surface area (Å²) in [5.74, 6) is 4.38. The topological polar surface area (TPSA) is 96.0 Å². The van der Waals surface area contributed by atoms with Gasteiger partial charge in [0.05, 0.1) is 30.5 Å². The molecule has 7 fully saturated rings. The highest BCUT2D eigenvalue weighted by molar-refractivity contribution is 5.87. The van der Waals surface area contributed by atoms with E-state index in [0.717, 1.165) is 153 Å². The van der Waals surface area contributed by atoms with Crippen LogP contribution in [0.5, 0.6) is 0 Å². The normalized spacial score (nSPS) is 42.7. The predicted octanol–water partition coefficient (Wildman–Crippen LogP) is 10.6. The minimum absolute atomic E-state index is 0.0293. The van der Waals surface area contributed by atoms with E-state index in [0.29, 0.717) is 41.4 Å². The Morgan fingerprint density at radius 3 is 0.786 bits per heavy atom. The van der Waals surface area contributed by atoms with E-state index in [-0.39, 0.29) is 66.0 Å². The molecule has 2 atom stereocenters. The van der Waals surface area contributed by atoms with Crippen molar-refractivity contribution in [3.8, 4) is 0 Å². The monoisotopic (exact) mass is 779 g/mol. The molecule has 0 heterocycles. The molecule has 0 aromatic carbocycles. The summed E-state index contributed by atoms with van der Waals surface area (Å²) < 4.78 is 19.1. The number of rotatable bonds is 13. The lowest BCUT2D eigenvalue weighted by Gasteiger charge is -2.39. The Morgan fingerprint density at radius 1 is 0.304 bits per heavy atom. The molecule has 0 aromatic heterocycles. The predicted molar refractivity (Wildman–Crippen MR) is 219 cm³/mol. The van der Waals surface area contributed by atoms with Gasteiger partial charge in [0.2, 0.25) is 0 Å². The van der Waals surface area contributed by atoms with E-state index in [1.165, 1.54) is 25.7 Å². The van der Waals surface area contributed by atoms with Gasteiger partial charge in [-0.25, -0.2) is 0 Å². The molecule has 0 radical (unpaired) electrons. The van der Waals surface area contributed by atoms with E-state index < -0.39 is 0 Å². The third-order valence-electron chi connectivity index (χ3n) is 16.7. The van der Waals surface area contributed by atoms with E-state index in [1.54, 1.807) is 7.11 Å². The van der Waals surface area contributed by atoms with Gasteiger partial charge in [-0.15, -0.1) is 0 Å². The van der Waals surface area contributed by atoms with Gasteiger partial charge < -0.3 is 14.2 Å². The molecule has 0 spiro atoms. The number of methoxy groups -OCH3 is 1. The minimum Gasteiger partial charge on any atom is -0.381 e. The maximum Gasteiger partial charge on any atom is 0.139 e. The highest BCUT2D eigenvalue weighted by Gasteiger charge is 2.43. The molecule has 0 aliphatic heterocycles. The van der Waals surface area contributed by atoms with Crippen LogP contribution in [0.2, 0.25) is 0 Å². The summed E-state index contributed by atoms with van der Waals surface area (Å²) in [6.07, 6.45) is 27.4. The maximum absolute atomic E-state index is 14.0. The van der Waals surface area contributed by atoms with Gasteiger partial charge in [0.25, 0.3) is 0 Å². The van der Waals surface area contributed by atoms with Gasteiger partial charge in [0.15, 0.2) is 0 Å². The Hall–Kier alpha value is -1.44. The number of ether oxygens (including phenoxy) is 3. The van der Waals surface area contributed by atoms with Gasteiger partial charge in [-0.1, -0.05) is 39.5 Å². The fourth-order valence-corrected chi connectivity index (χ4v) is 12.8. The Bertz CT molecular complexity index is 1180. The Balaban J connectivity index is 0.797. The molecule has 0 amide bonds. The third kappa shape index (κ3) is 11.0. The van der Waals surface area contributed by atoms with Crippen LogP contribution in [0.15, 0.2) is 0 Å². The Labute approximate surface area is 339 Å². The molecular formula is C49H78O7. The quantitative estimate of drug-likeness (QED) is 0.184. The van der Waals surface area contributed by atoms with Crippen LogP contribution in [-0.4, -0.2) is 60.8 Å². The molecule has 0 saturated heterocycles. The Kier molecular flexibility index (Phi) is 15.4. The maximum atomic E-state index is 14.0. The Morgan fingerprint density at radius 2 is 0.536 bits per heavy atom. The van der Waals surface area contributed by atoms with Gasteiger partial charge in [-0.05, 0) is 160 Å². The molecule has 56 heavy (non-hydrogen) atoms. The van der Waals surface area contributed by atoms with Crippen molar-refractivity contribution in [1.82, 2.24) is 0 Å². The van der Waals surface area contributed by atoms with Crippen LogP contribution < -0.4 is 0 Å². The highest BCUT2D eigenvalue weighted by Crippen LogP contribution is 2.42. The number of hydrogen-bond donors (Lipinski definition) is 0.